The van der Waals surface area contributed by atoms with Crippen molar-refractivity contribution in [2.24, 2.45) is 5.92 Å². The van der Waals surface area contributed by atoms with E-state index in [0.717, 1.165) is 24.2 Å². The van der Waals surface area contributed by atoms with Crippen LogP contribution in [0.2, 0.25) is 0 Å². The molecule has 0 spiro atoms. The highest BCUT2D eigenvalue weighted by molar-refractivity contribution is 7.10. The van der Waals surface area contributed by atoms with Gasteiger partial charge < -0.3 is 14.5 Å². The summed E-state index contributed by atoms with van der Waals surface area (Å²) in [5.41, 5.74) is 1.50. The minimum absolute atomic E-state index is 0.0236. The Hall–Kier alpha value is -3.19. The molecule has 2 heterocycles. The number of nitrogens with zero attached hydrogens (tertiary/aromatic N) is 2. The maximum Gasteiger partial charge on any atom is 0.254 e. The third-order valence-corrected chi connectivity index (χ3v) is 7.24. The molecule has 0 saturated heterocycles. The van der Waals surface area contributed by atoms with Gasteiger partial charge in [-0.25, -0.2) is 4.39 Å². The minimum Gasteiger partial charge on any atom is -0.491 e. The quantitative estimate of drug-likeness (QED) is 0.390. The van der Waals surface area contributed by atoms with Crippen molar-refractivity contribution in [3.63, 3.8) is 0 Å². The Balaban J connectivity index is 1.52. The lowest BCUT2D eigenvalue weighted by Gasteiger charge is -2.37. The topological polar surface area (TPSA) is 49.9 Å². The van der Waals surface area contributed by atoms with E-state index in [2.05, 4.69) is 25.3 Å². The van der Waals surface area contributed by atoms with Crippen molar-refractivity contribution >= 4 is 23.2 Å². The van der Waals surface area contributed by atoms with Gasteiger partial charge in [0.2, 0.25) is 5.91 Å². The number of ether oxygens (including phenoxy) is 1. The van der Waals surface area contributed by atoms with Crippen molar-refractivity contribution in [3.05, 3.63) is 87.9 Å². The van der Waals surface area contributed by atoms with Crippen LogP contribution < -0.4 is 4.74 Å². The fourth-order valence-electron chi connectivity index (χ4n) is 4.26. The Morgan fingerprint density at radius 1 is 1.11 bits per heavy atom. The first-order chi connectivity index (χ1) is 16.9. The van der Waals surface area contributed by atoms with Crippen molar-refractivity contribution < 1.29 is 18.7 Å². The van der Waals surface area contributed by atoms with Crippen molar-refractivity contribution in [3.8, 4) is 5.75 Å². The molecule has 3 aromatic rings. The number of thiophene rings is 1. The first-order valence-electron chi connectivity index (χ1n) is 12.0. The summed E-state index contributed by atoms with van der Waals surface area (Å²) < 4.78 is 19.5. The van der Waals surface area contributed by atoms with Crippen LogP contribution in [-0.4, -0.2) is 47.9 Å². The molecule has 1 aliphatic rings. The lowest BCUT2D eigenvalue weighted by molar-refractivity contribution is -0.135. The van der Waals surface area contributed by atoms with Gasteiger partial charge in [0.15, 0.2) is 0 Å². The molecule has 5 nitrogen and oxygen atoms in total. The summed E-state index contributed by atoms with van der Waals surface area (Å²) in [6, 6.07) is 16.9. The van der Waals surface area contributed by atoms with E-state index in [1.807, 2.05) is 35.2 Å². The molecule has 1 aliphatic heterocycles. The van der Waals surface area contributed by atoms with Gasteiger partial charge in [0, 0.05) is 23.5 Å². The number of hydrogen-bond acceptors (Lipinski definition) is 4. The number of fused-ring (bicyclic) bond motifs is 1. The summed E-state index contributed by atoms with van der Waals surface area (Å²) >= 11 is 1.70. The molecule has 2 aromatic carbocycles. The SMILES string of the molecule is CC(C)CCN(CC(=O)N1CCc2sccc2[C@H]1COc1ccccc1)C(=O)c1ccc(F)cc1. The second-order valence-electron chi connectivity index (χ2n) is 9.19. The zero-order chi connectivity index (χ0) is 24.8. The summed E-state index contributed by atoms with van der Waals surface area (Å²) in [7, 11) is 0. The van der Waals surface area contributed by atoms with Crippen LogP contribution >= 0.6 is 11.3 Å². The molecule has 0 radical (unpaired) electrons. The summed E-state index contributed by atoms with van der Waals surface area (Å²) in [5, 5.41) is 2.06. The van der Waals surface area contributed by atoms with Crippen LogP contribution in [-0.2, 0) is 11.2 Å². The molecule has 0 unspecified atom stereocenters. The average Bonchev–Trinajstić information content (AvgIpc) is 3.34. The monoisotopic (exact) mass is 494 g/mol. The van der Waals surface area contributed by atoms with Crippen molar-refractivity contribution in [1.29, 1.82) is 0 Å². The second kappa shape index (κ2) is 11.5. The fraction of sp³-hybridized carbons (Fsp3) is 0.357. The number of amides is 2. The number of halogens is 1. The maximum atomic E-state index is 13.6. The fourth-order valence-corrected chi connectivity index (χ4v) is 5.19. The molecule has 0 fully saturated rings. The third-order valence-electron chi connectivity index (χ3n) is 6.25. The van der Waals surface area contributed by atoms with E-state index in [9.17, 15) is 14.0 Å². The highest BCUT2D eigenvalue weighted by Crippen LogP contribution is 2.34. The van der Waals surface area contributed by atoms with E-state index in [0.29, 0.717) is 31.2 Å². The number of para-hydroxylation sites is 1. The number of carbonyl (C=O) groups is 2. The molecule has 0 aliphatic carbocycles. The van der Waals surface area contributed by atoms with Crippen molar-refractivity contribution in [1.82, 2.24) is 9.80 Å². The largest absolute Gasteiger partial charge is 0.491 e. The van der Waals surface area contributed by atoms with E-state index >= 15 is 0 Å². The van der Waals surface area contributed by atoms with Gasteiger partial charge in [-0.3, -0.25) is 9.59 Å². The van der Waals surface area contributed by atoms with Gasteiger partial charge >= 0.3 is 0 Å². The van der Waals surface area contributed by atoms with Gasteiger partial charge in [0.05, 0.1) is 6.04 Å². The average molecular weight is 495 g/mol. The lowest BCUT2D eigenvalue weighted by atomic mass is 10.00. The molecule has 4 rings (SSSR count). The minimum atomic E-state index is -0.396. The van der Waals surface area contributed by atoms with Gasteiger partial charge in [0.25, 0.3) is 5.91 Å². The highest BCUT2D eigenvalue weighted by atomic mass is 32.1. The highest BCUT2D eigenvalue weighted by Gasteiger charge is 2.33. The van der Waals surface area contributed by atoms with Crippen LogP contribution in [0.4, 0.5) is 4.39 Å². The molecule has 0 N–H and O–H groups in total. The predicted octanol–water partition coefficient (Wildman–Crippen LogP) is 5.58. The van der Waals surface area contributed by atoms with Crippen LogP contribution in [0.15, 0.2) is 66.0 Å². The van der Waals surface area contributed by atoms with Gasteiger partial charge in [-0.2, -0.15) is 0 Å². The first kappa shape index (κ1) is 24.9. The summed E-state index contributed by atoms with van der Waals surface area (Å²) in [4.78, 5) is 31.6. The van der Waals surface area contributed by atoms with Crippen LogP contribution in [0.5, 0.6) is 5.75 Å². The van der Waals surface area contributed by atoms with Crippen molar-refractivity contribution in [2.45, 2.75) is 32.7 Å². The van der Waals surface area contributed by atoms with Crippen LogP contribution in [0, 0.1) is 11.7 Å². The maximum absolute atomic E-state index is 13.6. The zero-order valence-electron chi connectivity index (χ0n) is 20.2. The molecule has 1 aromatic heterocycles. The standard InChI is InChI=1S/C28H31FN2O3S/c1-20(2)12-15-30(28(33)21-8-10-22(29)11-9-21)18-27(32)31-16-13-26-24(14-17-35-26)25(31)19-34-23-6-4-3-5-7-23/h3-11,14,17,20,25H,12-13,15-16,18-19H2,1-2H3/t25-/m1/s1. The van der Waals surface area contributed by atoms with E-state index in [4.69, 9.17) is 4.74 Å². The Morgan fingerprint density at radius 2 is 1.86 bits per heavy atom. The summed E-state index contributed by atoms with van der Waals surface area (Å²) in [5.74, 6) is 0.371. The smallest absolute Gasteiger partial charge is 0.254 e. The second-order valence-corrected chi connectivity index (χ2v) is 10.2. The molecule has 2 amide bonds. The molecule has 184 valence electrons. The Morgan fingerprint density at radius 3 is 2.57 bits per heavy atom. The number of benzene rings is 2. The zero-order valence-corrected chi connectivity index (χ0v) is 21.0. The molecule has 35 heavy (non-hydrogen) atoms. The lowest BCUT2D eigenvalue weighted by Crippen LogP contribution is -2.48. The van der Waals surface area contributed by atoms with Gasteiger partial charge in [-0.05, 0) is 72.2 Å². The predicted molar refractivity (Wildman–Crippen MR) is 136 cm³/mol. The summed E-state index contributed by atoms with van der Waals surface area (Å²) in [6.07, 6.45) is 1.56. The molecule has 7 heteroatoms. The number of rotatable bonds is 9. The van der Waals surface area contributed by atoms with Crippen LogP contribution in [0.25, 0.3) is 0 Å². The Labute approximate surface area is 210 Å². The molecule has 1 atom stereocenters. The third kappa shape index (κ3) is 6.28. The normalized spacial score (nSPS) is 15.1. The van der Waals surface area contributed by atoms with E-state index in [-0.39, 0.29) is 24.4 Å². The number of hydrogen-bond donors (Lipinski definition) is 0. The molecular weight excluding hydrogens is 463 g/mol. The summed E-state index contributed by atoms with van der Waals surface area (Å²) in [6.45, 7) is 5.53. The van der Waals surface area contributed by atoms with Crippen LogP contribution in [0.1, 0.15) is 47.1 Å². The van der Waals surface area contributed by atoms with Gasteiger partial charge in [-0.1, -0.05) is 32.0 Å². The van der Waals surface area contributed by atoms with E-state index in [1.165, 1.54) is 29.1 Å². The van der Waals surface area contributed by atoms with E-state index < -0.39 is 5.82 Å². The van der Waals surface area contributed by atoms with Crippen LogP contribution in [0.3, 0.4) is 0 Å². The van der Waals surface area contributed by atoms with Gasteiger partial charge in [-0.15, -0.1) is 11.3 Å². The first-order valence-corrected chi connectivity index (χ1v) is 12.9. The molecular formula is C28H31FN2O3S. The molecule has 0 bridgehead atoms. The Bertz CT molecular complexity index is 1130. The molecule has 0 saturated carbocycles. The Kier molecular flexibility index (Phi) is 8.18. The van der Waals surface area contributed by atoms with Crippen molar-refractivity contribution in [2.75, 3.05) is 26.2 Å². The van der Waals surface area contributed by atoms with Gasteiger partial charge in [0.1, 0.15) is 24.7 Å². The van der Waals surface area contributed by atoms with E-state index in [1.54, 1.807) is 16.2 Å². The number of carbonyl (C=O) groups excluding carboxylic acids is 2.